The van der Waals surface area contributed by atoms with Crippen LogP contribution in [0.2, 0.25) is 0 Å². The Morgan fingerprint density at radius 1 is 1.45 bits per heavy atom. The highest BCUT2D eigenvalue weighted by Gasteiger charge is 2.20. The molecule has 1 aliphatic heterocycles. The molecule has 1 N–H and O–H groups in total. The van der Waals surface area contributed by atoms with Crippen molar-refractivity contribution in [3.8, 4) is 0 Å². The summed E-state index contributed by atoms with van der Waals surface area (Å²) in [6.07, 6.45) is 2.49. The first-order valence-electron chi connectivity index (χ1n) is 6.88. The minimum absolute atomic E-state index is 0.0490. The van der Waals surface area contributed by atoms with Crippen LogP contribution in [0.4, 0.5) is 17.3 Å². The molecule has 0 radical (unpaired) electrons. The van der Waals surface area contributed by atoms with E-state index in [1.165, 1.54) is 18.9 Å². The van der Waals surface area contributed by atoms with Gasteiger partial charge in [-0.2, -0.15) is 0 Å². The maximum Gasteiger partial charge on any atom is 0.311 e. The number of hydrogen-bond acceptors (Lipinski definition) is 6. The molecule has 0 bridgehead atoms. The number of rotatable bonds is 6. The predicted molar refractivity (Wildman–Crippen MR) is 79.4 cm³/mol. The third-order valence-electron chi connectivity index (χ3n) is 3.62. The second kappa shape index (κ2) is 6.51. The molecule has 0 amide bonds. The number of pyridine rings is 1. The fraction of sp³-hybridized carbons (Fsp3) is 0.615. The first kappa shape index (κ1) is 14.5. The lowest BCUT2D eigenvalue weighted by atomic mass is 10.3. The van der Waals surface area contributed by atoms with Crippen molar-refractivity contribution in [3.05, 3.63) is 22.2 Å². The number of aromatic nitrogens is 1. The van der Waals surface area contributed by atoms with Crippen molar-refractivity contribution in [3.63, 3.8) is 0 Å². The summed E-state index contributed by atoms with van der Waals surface area (Å²) in [6, 6.07) is 3.12. The summed E-state index contributed by atoms with van der Waals surface area (Å²) < 4.78 is 0. The van der Waals surface area contributed by atoms with Crippen LogP contribution in [0.1, 0.15) is 12.8 Å². The van der Waals surface area contributed by atoms with Crippen LogP contribution in [0.5, 0.6) is 0 Å². The Morgan fingerprint density at radius 2 is 2.15 bits per heavy atom. The zero-order valence-electron chi connectivity index (χ0n) is 12.0. The highest BCUT2D eigenvalue weighted by atomic mass is 16.6. The van der Waals surface area contributed by atoms with Crippen LogP contribution in [-0.2, 0) is 0 Å². The number of nitrogens with zero attached hydrogens (tertiary/aromatic N) is 4. The fourth-order valence-corrected chi connectivity index (χ4v) is 2.41. The van der Waals surface area contributed by atoms with Crippen molar-refractivity contribution in [2.24, 2.45) is 0 Å². The van der Waals surface area contributed by atoms with E-state index in [-0.39, 0.29) is 10.6 Å². The molecule has 1 fully saturated rings. The SMILES string of the molecule is CNc1ccc([N+](=O)[O-])c(N(C)CCN2CCCC2)n1. The quantitative estimate of drug-likeness (QED) is 0.629. The number of nitro groups is 1. The van der Waals surface area contributed by atoms with E-state index < -0.39 is 0 Å². The molecule has 20 heavy (non-hydrogen) atoms. The summed E-state index contributed by atoms with van der Waals surface area (Å²) in [5.74, 6) is 1.06. The summed E-state index contributed by atoms with van der Waals surface area (Å²) >= 11 is 0. The van der Waals surface area contributed by atoms with Gasteiger partial charge in [0.15, 0.2) is 0 Å². The molecule has 7 heteroatoms. The molecule has 1 saturated heterocycles. The number of anilines is 2. The first-order chi connectivity index (χ1) is 9.61. The predicted octanol–water partition coefficient (Wildman–Crippen LogP) is 1.56. The molecule has 110 valence electrons. The Kier molecular flexibility index (Phi) is 4.73. The van der Waals surface area contributed by atoms with Crippen LogP contribution < -0.4 is 10.2 Å². The van der Waals surface area contributed by atoms with Crippen molar-refractivity contribution < 1.29 is 4.92 Å². The van der Waals surface area contributed by atoms with E-state index in [9.17, 15) is 10.1 Å². The third-order valence-corrected chi connectivity index (χ3v) is 3.62. The first-order valence-corrected chi connectivity index (χ1v) is 6.88. The van der Waals surface area contributed by atoms with Crippen LogP contribution in [0.15, 0.2) is 12.1 Å². The highest BCUT2D eigenvalue weighted by molar-refractivity contribution is 5.61. The smallest absolute Gasteiger partial charge is 0.311 e. The van der Waals surface area contributed by atoms with E-state index in [4.69, 9.17) is 0 Å². The van der Waals surface area contributed by atoms with Gasteiger partial charge in [0.05, 0.1) is 4.92 Å². The Hall–Kier alpha value is -1.89. The summed E-state index contributed by atoms with van der Waals surface area (Å²) in [5, 5.41) is 14.0. The molecule has 7 nitrogen and oxygen atoms in total. The average Bonchev–Trinajstić information content (AvgIpc) is 2.97. The van der Waals surface area contributed by atoms with E-state index in [1.54, 1.807) is 13.1 Å². The van der Waals surface area contributed by atoms with Gasteiger partial charge >= 0.3 is 5.69 Å². The molecule has 0 spiro atoms. The van der Waals surface area contributed by atoms with E-state index in [0.717, 1.165) is 26.2 Å². The van der Waals surface area contributed by atoms with Crippen LogP contribution in [-0.4, -0.2) is 55.1 Å². The van der Waals surface area contributed by atoms with Gasteiger partial charge in [-0.3, -0.25) is 10.1 Å². The van der Waals surface area contributed by atoms with E-state index in [2.05, 4.69) is 15.2 Å². The van der Waals surface area contributed by atoms with Gasteiger partial charge in [0.25, 0.3) is 0 Å². The molecule has 0 aromatic carbocycles. The molecule has 2 heterocycles. The largest absolute Gasteiger partial charge is 0.373 e. The Labute approximate surface area is 118 Å². The molecule has 1 aromatic rings. The summed E-state index contributed by atoms with van der Waals surface area (Å²) in [4.78, 5) is 19.3. The number of hydrogen-bond donors (Lipinski definition) is 1. The minimum Gasteiger partial charge on any atom is -0.373 e. The number of likely N-dealkylation sites (tertiary alicyclic amines) is 1. The van der Waals surface area contributed by atoms with Gasteiger partial charge in [-0.1, -0.05) is 0 Å². The Bertz CT molecular complexity index is 474. The molecule has 0 saturated carbocycles. The Morgan fingerprint density at radius 3 is 2.75 bits per heavy atom. The molecule has 1 aromatic heterocycles. The van der Waals surface area contributed by atoms with Crippen molar-refractivity contribution in [1.29, 1.82) is 0 Å². The van der Waals surface area contributed by atoms with Gasteiger partial charge in [0.1, 0.15) is 5.82 Å². The molecule has 0 unspecified atom stereocenters. The van der Waals surface area contributed by atoms with E-state index >= 15 is 0 Å². The van der Waals surface area contributed by atoms with Crippen LogP contribution in [0, 0.1) is 10.1 Å². The van der Waals surface area contributed by atoms with Gasteiger partial charge in [0.2, 0.25) is 5.82 Å². The molecule has 1 aliphatic rings. The van der Waals surface area contributed by atoms with Gasteiger partial charge < -0.3 is 15.1 Å². The van der Waals surface area contributed by atoms with Gasteiger partial charge in [0, 0.05) is 33.3 Å². The normalized spacial score (nSPS) is 15.3. The lowest BCUT2D eigenvalue weighted by molar-refractivity contribution is -0.384. The number of nitrogens with one attached hydrogen (secondary N) is 1. The summed E-state index contributed by atoms with van der Waals surface area (Å²) in [5.41, 5.74) is 0.0490. The summed E-state index contributed by atoms with van der Waals surface area (Å²) in [7, 11) is 3.60. The van der Waals surface area contributed by atoms with Crippen molar-refractivity contribution in [2.75, 3.05) is 50.5 Å². The topological polar surface area (TPSA) is 74.5 Å². The second-order valence-electron chi connectivity index (χ2n) is 5.02. The lowest BCUT2D eigenvalue weighted by Crippen LogP contribution is -2.32. The average molecular weight is 279 g/mol. The Balaban J connectivity index is 2.09. The lowest BCUT2D eigenvalue weighted by Gasteiger charge is -2.22. The summed E-state index contributed by atoms with van der Waals surface area (Å²) in [6.45, 7) is 3.90. The maximum atomic E-state index is 11.1. The van der Waals surface area contributed by atoms with Crippen molar-refractivity contribution in [2.45, 2.75) is 12.8 Å². The number of likely N-dealkylation sites (N-methyl/N-ethyl adjacent to an activating group) is 1. The molecular formula is C13H21N5O2. The molecule has 0 atom stereocenters. The fourth-order valence-electron chi connectivity index (χ4n) is 2.41. The maximum absolute atomic E-state index is 11.1. The standard InChI is InChI=1S/C13H21N5O2/c1-14-12-6-5-11(18(19)20)13(15-12)16(2)9-10-17-7-3-4-8-17/h5-6H,3-4,7-10H2,1-2H3,(H,14,15). The van der Waals surface area contributed by atoms with Gasteiger partial charge in [-0.05, 0) is 32.0 Å². The third kappa shape index (κ3) is 3.36. The monoisotopic (exact) mass is 279 g/mol. The zero-order chi connectivity index (χ0) is 14.5. The molecule has 2 rings (SSSR count). The van der Waals surface area contributed by atoms with Crippen molar-refractivity contribution in [1.82, 2.24) is 9.88 Å². The van der Waals surface area contributed by atoms with Crippen LogP contribution >= 0.6 is 0 Å². The second-order valence-corrected chi connectivity index (χ2v) is 5.02. The molecular weight excluding hydrogens is 258 g/mol. The van der Waals surface area contributed by atoms with Crippen LogP contribution in [0.3, 0.4) is 0 Å². The van der Waals surface area contributed by atoms with E-state index in [1.807, 2.05) is 11.9 Å². The van der Waals surface area contributed by atoms with Gasteiger partial charge in [-0.15, -0.1) is 0 Å². The minimum atomic E-state index is -0.381. The highest BCUT2D eigenvalue weighted by Crippen LogP contribution is 2.26. The molecule has 0 aliphatic carbocycles. The van der Waals surface area contributed by atoms with Gasteiger partial charge in [-0.25, -0.2) is 4.98 Å². The van der Waals surface area contributed by atoms with Crippen LogP contribution in [0.25, 0.3) is 0 Å². The van der Waals surface area contributed by atoms with Crippen molar-refractivity contribution >= 4 is 17.3 Å². The van der Waals surface area contributed by atoms with E-state index in [0.29, 0.717) is 11.6 Å². The zero-order valence-corrected chi connectivity index (χ0v) is 12.0.